The summed E-state index contributed by atoms with van der Waals surface area (Å²) in [4.78, 5) is 0. The predicted octanol–water partition coefficient (Wildman–Crippen LogP) is 6.38. The summed E-state index contributed by atoms with van der Waals surface area (Å²) in [6.07, 6.45) is -1.82. The Morgan fingerprint density at radius 1 is 0.944 bits per heavy atom. The average molecular weight is 495 g/mol. The van der Waals surface area contributed by atoms with Gasteiger partial charge in [-0.3, -0.25) is 0 Å². The van der Waals surface area contributed by atoms with Gasteiger partial charge in [0.25, 0.3) is 0 Å². The number of ether oxygens (including phenoxy) is 2. The molecule has 0 spiro atoms. The fourth-order valence-electron chi connectivity index (χ4n) is 4.77. The molecule has 4 nitrogen and oxygen atoms in total. The molecule has 0 unspecified atom stereocenters. The van der Waals surface area contributed by atoms with Gasteiger partial charge in [-0.15, -0.1) is 0 Å². The van der Waals surface area contributed by atoms with Crippen molar-refractivity contribution in [1.29, 1.82) is 5.26 Å². The van der Waals surface area contributed by atoms with Gasteiger partial charge in [-0.2, -0.15) is 18.4 Å². The first-order valence-electron chi connectivity index (χ1n) is 11.9. The van der Waals surface area contributed by atoms with Crippen molar-refractivity contribution in [3.63, 3.8) is 0 Å². The summed E-state index contributed by atoms with van der Waals surface area (Å²) in [5.74, 6) is 0.803. The highest BCUT2D eigenvalue weighted by molar-refractivity contribution is 5.66. The highest BCUT2D eigenvalue weighted by Gasteiger charge is 2.34. The van der Waals surface area contributed by atoms with E-state index in [-0.39, 0.29) is 12.0 Å². The van der Waals surface area contributed by atoms with Crippen molar-refractivity contribution >= 4 is 0 Å². The zero-order valence-corrected chi connectivity index (χ0v) is 20.2. The first kappa shape index (κ1) is 25.7. The van der Waals surface area contributed by atoms with Gasteiger partial charge in [0.2, 0.25) is 0 Å². The summed E-state index contributed by atoms with van der Waals surface area (Å²) in [5.41, 5.74) is 2.33. The van der Waals surface area contributed by atoms with Crippen LogP contribution in [0.5, 0.6) is 5.75 Å². The Morgan fingerprint density at radius 2 is 1.69 bits per heavy atom. The zero-order chi connectivity index (χ0) is 25.6. The molecule has 0 atom stereocenters. The van der Waals surface area contributed by atoms with Crippen molar-refractivity contribution in [2.24, 2.45) is 5.41 Å². The van der Waals surface area contributed by atoms with Crippen molar-refractivity contribution in [2.75, 3.05) is 26.8 Å². The van der Waals surface area contributed by atoms with Crippen molar-refractivity contribution in [2.45, 2.75) is 32.0 Å². The fourth-order valence-corrected chi connectivity index (χ4v) is 4.77. The quantitative estimate of drug-likeness (QED) is 0.395. The summed E-state index contributed by atoms with van der Waals surface area (Å²) in [6, 6.07) is 20.6. The Kier molecular flexibility index (Phi) is 7.97. The number of methoxy groups -OCH3 is 1. The number of halogens is 3. The SMILES string of the molecule is COc1cccc(CC2(COCc3cc(-c4ccc(C#N)cc4)cc(C(F)(F)F)c3)CCNCC2)c1. The lowest BCUT2D eigenvalue weighted by Gasteiger charge is -2.37. The number of nitrogens with zero attached hydrogens (tertiary/aromatic N) is 1. The average Bonchev–Trinajstić information content (AvgIpc) is 2.88. The van der Waals surface area contributed by atoms with Gasteiger partial charge in [-0.1, -0.05) is 24.3 Å². The van der Waals surface area contributed by atoms with Crippen LogP contribution in [0.3, 0.4) is 0 Å². The zero-order valence-electron chi connectivity index (χ0n) is 20.2. The highest BCUT2D eigenvalue weighted by atomic mass is 19.4. The van der Waals surface area contributed by atoms with E-state index in [0.717, 1.165) is 55.8 Å². The lowest BCUT2D eigenvalue weighted by molar-refractivity contribution is -0.137. The van der Waals surface area contributed by atoms with E-state index in [1.54, 1.807) is 37.4 Å². The van der Waals surface area contributed by atoms with E-state index in [1.165, 1.54) is 0 Å². The van der Waals surface area contributed by atoms with E-state index in [4.69, 9.17) is 14.7 Å². The van der Waals surface area contributed by atoms with Crippen molar-refractivity contribution in [3.8, 4) is 22.9 Å². The lowest BCUT2D eigenvalue weighted by atomic mass is 9.75. The maximum absolute atomic E-state index is 13.7. The fraction of sp³-hybridized carbons (Fsp3) is 0.345. The third-order valence-electron chi connectivity index (χ3n) is 6.72. The largest absolute Gasteiger partial charge is 0.497 e. The number of rotatable bonds is 8. The minimum Gasteiger partial charge on any atom is -0.497 e. The van der Waals surface area contributed by atoms with Crippen molar-refractivity contribution in [3.05, 3.63) is 89.0 Å². The summed E-state index contributed by atoms with van der Waals surface area (Å²) in [5, 5.41) is 12.4. The van der Waals surface area contributed by atoms with Gasteiger partial charge in [0.05, 0.1) is 37.5 Å². The molecule has 1 saturated heterocycles. The minimum atomic E-state index is -4.47. The molecular formula is C29H29F3N2O2. The van der Waals surface area contributed by atoms with Gasteiger partial charge < -0.3 is 14.8 Å². The van der Waals surface area contributed by atoms with Crippen LogP contribution >= 0.6 is 0 Å². The van der Waals surface area contributed by atoms with Crippen LogP contribution in [0.25, 0.3) is 11.1 Å². The van der Waals surface area contributed by atoms with Gasteiger partial charge >= 0.3 is 6.18 Å². The highest BCUT2D eigenvalue weighted by Crippen LogP contribution is 2.36. The minimum absolute atomic E-state index is 0.0838. The summed E-state index contributed by atoms with van der Waals surface area (Å²) in [6.45, 7) is 2.29. The molecular weight excluding hydrogens is 465 g/mol. The number of hydrogen-bond acceptors (Lipinski definition) is 4. The molecule has 3 aromatic rings. The lowest BCUT2D eigenvalue weighted by Crippen LogP contribution is -2.41. The van der Waals surface area contributed by atoms with Crippen LogP contribution in [-0.4, -0.2) is 26.8 Å². The van der Waals surface area contributed by atoms with Crippen LogP contribution in [0.2, 0.25) is 0 Å². The molecule has 0 aromatic heterocycles. The number of benzene rings is 3. The van der Waals surface area contributed by atoms with Gasteiger partial charge in [0.1, 0.15) is 5.75 Å². The molecule has 1 aliphatic rings. The van der Waals surface area contributed by atoms with Crippen LogP contribution in [0.1, 0.15) is 35.1 Å². The monoisotopic (exact) mass is 494 g/mol. The van der Waals surface area contributed by atoms with Crippen LogP contribution in [0.4, 0.5) is 13.2 Å². The molecule has 1 aliphatic heterocycles. The molecule has 3 aromatic carbocycles. The van der Waals surface area contributed by atoms with E-state index < -0.39 is 11.7 Å². The number of nitrogens with one attached hydrogen (secondary N) is 1. The standard InChI is InChI=1S/C29H29F3N2O2/c1-35-27-4-2-3-22(15-27)17-28(9-11-34-12-10-28)20-36-19-23-13-25(16-26(14-23)29(30,31)32)24-7-5-21(18-33)6-8-24/h2-8,13-16,34H,9-12,17,19-20H2,1H3. The molecule has 0 amide bonds. The van der Waals surface area contributed by atoms with Gasteiger partial charge in [-0.25, -0.2) is 0 Å². The van der Waals surface area contributed by atoms with Gasteiger partial charge in [0.15, 0.2) is 0 Å². The molecule has 7 heteroatoms. The first-order valence-corrected chi connectivity index (χ1v) is 11.9. The smallest absolute Gasteiger partial charge is 0.416 e. The third kappa shape index (κ3) is 6.45. The number of nitriles is 1. The molecule has 1 fully saturated rings. The maximum Gasteiger partial charge on any atom is 0.416 e. The Bertz CT molecular complexity index is 1210. The van der Waals surface area contributed by atoms with E-state index in [2.05, 4.69) is 11.4 Å². The Labute approximate surface area is 209 Å². The second-order valence-electron chi connectivity index (χ2n) is 9.38. The van der Waals surface area contributed by atoms with Gasteiger partial charge in [0, 0.05) is 5.41 Å². The van der Waals surface area contributed by atoms with Crippen LogP contribution in [-0.2, 0) is 23.9 Å². The van der Waals surface area contributed by atoms with E-state index in [9.17, 15) is 13.2 Å². The first-order chi connectivity index (χ1) is 17.3. The molecule has 36 heavy (non-hydrogen) atoms. The molecule has 1 N–H and O–H groups in total. The molecule has 0 radical (unpaired) electrons. The third-order valence-corrected chi connectivity index (χ3v) is 6.72. The van der Waals surface area contributed by atoms with E-state index in [1.807, 2.05) is 24.3 Å². The van der Waals surface area contributed by atoms with Crippen LogP contribution < -0.4 is 10.1 Å². The van der Waals surface area contributed by atoms with Crippen LogP contribution in [0, 0.1) is 16.7 Å². The number of alkyl halides is 3. The summed E-state index contributed by atoms with van der Waals surface area (Å²) < 4.78 is 52.5. The molecule has 0 aliphatic carbocycles. The normalized spacial score (nSPS) is 15.3. The Hall–Kier alpha value is -3.34. The van der Waals surface area contributed by atoms with E-state index in [0.29, 0.717) is 28.9 Å². The Balaban J connectivity index is 1.53. The molecule has 0 saturated carbocycles. The molecule has 4 rings (SSSR count). The molecule has 0 bridgehead atoms. The molecule has 1 heterocycles. The number of hydrogen-bond donors (Lipinski definition) is 1. The van der Waals surface area contributed by atoms with Gasteiger partial charge in [-0.05, 0) is 97.1 Å². The topological polar surface area (TPSA) is 54.3 Å². The van der Waals surface area contributed by atoms with Crippen molar-refractivity contribution < 1.29 is 22.6 Å². The summed E-state index contributed by atoms with van der Waals surface area (Å²) in [7, 11) is 1.64. The molecule has 188 valence electrons. The number of piperidine rings is 1. The summed E-state index contributed by atoms with van der Waals surface area (Å²) >= 11 is 0. The maximum atomic E-state index is 13.7. The van der Waals surface area contributed by atoms with Crippen LogP contribution in [0.15, 0.2) is 66.7 Å². The van der Waals surface area contributed by atoms with E-state index >= 15 is 0 Å². The second-order valence-corrected chi connectivity index (χ2v) is 9.38. The van der Waals surface area contributed by atoms with Crippen molar-refractivity contribution in [1.82, 2.24) is 5.32 Å². The Morgan fingerprint density at radius 3 is 2.36 bits per heavy atom. The predicted molar refractivity (Wildman–Crippen MR) is 132 cm³/mol. The second kappa shape index (κ2) is 11.2.